The average molecular weight is 274 g/mol. The highest BCUT2D eigenvalue weighted by Gasteiger charge is 2.33. The molecule has 1 aromatic carbocycles. The van der Waals surface area contributed by atoms with Crippen LogP contribution in [-0.2, 0) is 4.74 Å². The number of anilines is 1. The van der Waals surface area contributed by atoms with Crippen LogP contribution in [0.4, 0.5) is 5.69 Å². The number of morpholine rings is 1. The first-order valence-electron chi connectivity index (χ1n) is 8.00. The van der Waals surface area contributed by atoms with E-state index in [1.54, 1.807) is 0 Å². The number of hydrogen-bond donors (Lipinski definition) is 1. The van der Waals surface area contributed by atoms with Crippen LogP contribution in [0.3, 0.4) is 0 Å². The van der Waals surface area contributed by atoms with E-state index in [2.05, 4.69) is 41.4 Å². The number of aryl methyl sites for hydroxylation is 1. The van der Waals surface area contributed by atoms with Crippen LogP contribution in [0.5, 0.6) is 0 Å². The maximum absolute atomic E-state index is 5.93. The van der Waals surface area contributed by atoms with Gasteiger partial charge in [-0.2, -0.15) is 0 Å². The molecule has 20 heavy (non-hydrogen) atoms. The number of hydrogen-bond acceptors (Lipinski definition) is 3. The topological polar surface area (TPSA) is 24.5 Å². The predicted octanol–water partition coefficient (Wildman–Crippen LogP) is 3.05. The van der Waals surface area contributed by atoms with Gasteiger partial charge in [0.25, 0.3) is 0 Å². The number of nitrogens with one attached hydrogen (secondary N) is 1. The fraction of sp³-hybridized carbons (Fsp3) is 0.647. The minimum atomic E-state index is 0.496. The maximum Gasteiger partial charge on any atom is 0.0730 e. The van der Waals surface area contributed by atoms with Gasteiger partial charge in [0.15, 0.2) is 0 Å². The van der Waals surface area contributed by atoms with E-state index in [0.717, 1.165) is 26.2 Å². The van der Waals surface area contributed by atoms with Gasteiger partial charge in [-0.3, -0.25) is 4.90 Å². The van der Waals surface area contributed by atoms with E-state index in [0.29, 0.717) is 12.1 Å². The Labute approximate surface area is 122 Å². The second kappa shape index (κ2) is 6.59. The third kappa shape index (κ3) is 3.15. The van der Waals surface area contributed by atoms with Crippen molar-refractivity contribution in [2.45, 2.75) is 44.8 Å². The Morgan fingerprint density at radius 1 is 1.25 bits per heavy atom. The van der Waals surface area contributed by atoms with Crippen molar-refractivity contribution in [3.05, 3.63) is 29.8 Å². The number of nitrogens with zero attached hydrogens (tertiary/aromatic N) is 1. The molecule has 2 atom stereocenters. The van der Waals surface area contributed by atoms with Crippen LogP contribution in [0.15, 0.2) is 24.3 Å². The van der Waals surface area contributed by atoms with Crippen molar-refractivity contribution in [1.82, 2.24) is 4.90 Å². The molecule has 1 aliphatic heterocycles. The van der Waals surface area contributed by atoms with Crippen LogP contribution < -0.4 is 5.32 Å². The van der Waals surface area contributed by atoms with Crippen molar-refractivity contribution in [3.63, 3.8) is 0 Å². The molecule has 1 aromatic rings. The SMILES string of the molecule is Cc1ccccc1NCCN1CCOC2CCCCC21. The quantitative estimate of drug-likeness (QED) is 0.913. The van der Waals surface area contributed by atoms with Gasteiger partial charge in [0, 0.05) is 31.4 Å². The summed E-state index contributed by atoms with van der Waals surface area (Å²) in [5.74, 6) is 0. The molecule has 1 aliphatic carbocycles. The normalized spacial score (nSPS) is 27.1. The lowest BCUT2D eigenvalue weighted by molar-refractivity contribution is -0.0865. The summed E-state index contributed by atoms with van der Waals surface area (Å²) >= 11 is 0. The van der Waals surface area contributed by atoms with Gasteiger partial charge in [-0.15, -0.1) is 0 Å². The Bertz CT molecular complexity index is 433. The maximum atomic E-state index is 5.93. The Kier molecular flexibility index (Phi) is 4.58. The van der Waals surface area contributed by atoms with Crippen molar-refractivity contribution < 1.29 is 4.74 Å². The number of fused-ring (bicyclic) bond motifs is 1. The van der Waals surface area contributed by atoms with Crippen molar-refractivity contribution in [1.29, 1.82) is 0 Å². The summed E-state index contributed by atoms with van der Waals surface area (Å²) < 4.78 is 5.93. The van der Waals surface area contributed by atoms with Gasteiger partial charge in [0.05, 0.1) is 12.7 Å². The number of benzene rings is 1. The first-order chi connectivity index (χ1) is 9.84. The fourth-order valence-electron chi connectivity index (χ4n) is 3.56. The molecule has 0 amide bonds. The van der Waals surface area contributed by atoms with Crippen LogP contribution >= 0.6 is 0 Å². The summed E-state index contributed by atoms with van der Waals surface area (Å²) in [4.78, 5) is 2.64. The number of rotatable bonds is 4. The zero-order valence-corrected chi connectivity index (χ0v) is 12.5. The molecule has 0 aromatic heterocycles. The zero-order valence-electron chi connectivity index (χ0n) is 12.5. The summed E-state index contributed by atoms with van der Waals surface area (Å²) in [6.45, 7) is 6.31. The molecule has 2 unspecified atom stereocenters. The van der Waals surface area contributed by atoms with E-state index in [1.807, 2.05) is 0 Å². The van der Waals surface area contributed by atoms with Gasteiger partial charge in [-0.25, -0.2) is 0 Å². The molecular formula is C17H26N2O. The first-order valence-corrected chi connectivity index (χ1v) is 8.00. The van der Waals surface area contributed by atoms with Crippen molar-refractivity contribution in [3.8, 4) is 0 Å². The lowest BCUT2D eigenvalue weighted by atomic mass is 9.90. The predicted molar refractivity (Wildman–Crippen MR) is 83.2 cm³/mol. The second-order valence-electron chi connectivity index (χ2n) is 6.04. The molecule has 1 saturated carbocycles. The van der Waals surface area contributed by atoms with Crippen molar-refractivity contribution >= 4 is 5.69 Å². The Hall–Kier alpha value is -1.06. The molecule has 3 nitrogen and oxygen atoms in total. The molecule has 3 rings (SSSR count). The van der Waals surface area contributed by atoms with Gasteiger partial charge >= 0.3 is 0 Å². The van der Waals surface area contributed by atoms with Crippen LogP contribution in [0.1, 0.15) is 31.2 Å². The number of para-hydroxylation sites is 1. The van der Waals surface area contributed by atoms with Gasteiger partial charge in [0.2, 0.25) is 0 Å². The minimum Gasteiger partial charge on any atom is -0.384 e. The van der Waals surface area contributed by atoms with Gasteiger partial charge in [-0.1, -0.05) is 31.0 Å². The molecule has 3 heteroatoms. The molecule has 0 spiro atoms. The van der Waals surface area contributed by atoms with Crippen molar-refractivity contribution in [2.75, 3.05) is 31.6 Å². The fourth-order valence-corrected chi connectivity index (χ4v) is 3.56. The van der Waals surface area contributed by atoms with E-state index in [1.165, 1.54) is 36.9 Å². The third-order valence-electron chi connectivity index (χ3n) is 4.71. The van der Waals surface area contributed by atoms with Gasteiger partial charge in [-0.05, 0) is 31.4 Å². The molecule has 1 saturated heterocycles. The highest BCUT2D eigenvalue weighted by atomic mass is 16.5. The number of ether oxygens (including phenoxy) is 1. The standard InChI is InChI=1S/C17H26N2O/c1-14-6-2-3-7-15(14)18-10-11-19-12-13-20-17-9-5-4-8-16(17)19/h2-3,6-7,16-18H,4-5,8-13H2,1H3. The minimum absolute atomic E-state index is 0.496. The molecule has 2 aliphatic rings. The summed E-state index contributed by atoms with van der Waals surface area (Å²) in [6, 6.07) is 9.18. The highest BCUT2D eigenvalue weighted by Crippen LogP contribution is 2.28. The van der Waals surface area contributed by atoms with Crippen LogP contribution in [0.25, 0.3) is 0 Å². The molecule has 1 N–H and O–H groups in total. The molecule has 110 valence electrons. The Balaban J connectivity index is 1.51. The summed E-state index contributed by atoms with van der Waals surface area (Å²) in [5.41, 5.74) is 2.59. The molecular weight excluding hydrogens is 248 g/mol. The summed E-state index contributed by atoms with van der Waals surface area (Å²) in [5, 5.41) is 3.57. The average Bonchev–Trinajstić information content (AvgIpc) is 2.49. The molecule has 2 fully saturated rings. The summed E-state index contributed by atoms with van der Waals surface area (Å²) in [7, 11) is 0. The lowest BCUT2D eigenvalue weighted by Gasteiger charge is -2.43. The third-order valence-corrected chi connectivity index (χ3v) is 4.71. The van der Waals surface area contributed by atoms with Gasteiger partial charge < -0.3 is 10.1 Å². The van der Waals surface area contributed by atoms with Gasteiger partial charge in [0.1, 0.15) is 0 Å². The van der Waals surface area contributed by atoms with E-state index < -0.39 is 0 Å². The highest BCUT2D eigenvalue weighted by molar-refractivity contribution is 5.50. The van der Waals surface area contributed by atoms with Crippen LogP contribution in [-0.4, -0.2) is 43.3 Å². The zero-order chi connectivity index (χ0) is 13.8. The van der Waals surface area contributed by atoms with Crippen molar-refractivity contribution in [2.24, 2.45) is 0 Å². The van der Waals surface area contributed by atoms with Crippen LogP contribution in [0, 0.1) is 6.92 Å². The van der Waals surface area contributed by atoms with E-state index in [-0.39, 0.29) is 0 Å². The Morgan fingerprint density at radius 3 is 3.00 bits per heavy atom. The molecule has 0 radical (unpaired) electrons. The molecule has 1 heterocycles. The molecule has 0 bridgehead atoms. The van der Waals surface area contributed by atoms with Crippen LogP contribution in [0.2, 0.25) is 0 Å². The second-order valence-corrected chi connectivity index (χ2v) is 6.04. The van der Waals surface area contributed by atoms with E-state index in [4.69, 9.17) is 4.74 Å². The van der Waals surface area contributed by atoms with E-state index in [9.17, 15) is 0 Å². The largest absolute Gasteiger partial charge is 0.384 e. The Morgan fingerprint density at radius 2 is 2.10 bits per heavy atom. The monoisotopic (exact) mass is 274 g/mol. The smallest absolute Gasteiger partial charge is 0.0730 e. The lowest BCUT2D eigenvalue weighted by Crippen LogP contribution is -2.53. The first kappa shape index (κ1) is 13.9. The summed E-state index contributed by atoms with van der Waals surface area (Å²) in [6.07, 6.45) is 5.78. The van der Waals surface area contributed by atoms with E-state index >= 15 is 0 Å².